The molecule has 2 aromatic heterocycles. The highest BCUT2D eigenvalue weighted by Crippen LogP contribution is 2.28. The first-order valence-electron chi connectivity index (χ1n) is 7.18. The minimum absolute atomic E-state index is 0.00340. The highest BCUT2D eigenvalue weighted by molar-refractivity contribution is 5.93. The topological polar surface area (TPSA) is 87.9 Å². The minimum atomic E-state index is -0.801. The Morgan fingerprint density at radius 2 is 2.04 bits per heavy atom. The number of H-pyrrole nitrogens is 1. The number of nitrogens with one attached hydrogen (secondary N) is 1. The second kappa shape index (κ2) is 5.52. The largest absolute Gasteiger partial charge is 0.443 e. The molecular weight excluding hydrogens is 320 g/mol. The lowest BCUT2D eigenvalue weighted by Crippen LogP contribution is -2.48. The molecule has 1 amide bonds. The first-order chi connectivity index (χ1) is 11.6. The molecule has 0 bridgehead atoms. The number of likely N-dealkylation sites (tertiary alicyclic amines) is 1. The number of nitrogens with zero attached hydrogens (tertiary/aromatic N) is 4. The van der Waals surface area contributed by atoms with Crippen LogP contribution in [-0.4, -0.2) is 44.1 Å². The van der Waals surface area contributed by atoms with E-state index in [9.17, 15) is 13.6 Å². The number of carbonyl (C=O) groups excluding carboxylic acids is 1. The van der Waals surface area contributed by atoms with Crippen LogP contribution < -0.4 is 0 Å². The molecule has 0 spiro atoms. The number of aromatic amines is 1. The van der Waals surface area contributed by atoms with Crippen LogP contribution >= 0.6 is 0 Å². The second-order valence-electron chi connectivity index (χ2n) is 5.41. The van der Waals surface area contributed by atoms with Gasteiger partial charge in [0.2, 0.25) is 5.89 Å². The van der Waals surface area contributed by atoms with Gasteiger partial charge in [-0.1, -0.05) is 6.07 Å². The van der Waals surface area contributed by atoms with Gasteiger partial charge in [0, 0.05) is 13.1 Å². The third-order valence-corrected chi connectivity index (χ3v) is 3.89. The molecule has 122 valence electrons. The van der Waals surface area contributed by atoms with Gasteiger partial charge in [-0.3, -0.25) is 9.89 Å². The predicted octanol–water partition coefficient (Wildman–Crippen LogP) is 1.98. The number of hydrogen-bond acceptors (Lipinski definition) is 5. The Bertz CT molecular complexity index is 867. The summed E-state index contributed by atoms with van der Waals surface area (Å²) in [5.74, 6) is -1.42. The first kappa shape index (κ1) is 14.5. The lowest BCUT2D eigenvalue weighted by molar-refractivity contribution is 0.0589. The molecule has 0 aliphatic carbocycles. The number of hydrogen-bond donors (Lipinski definition) is 1. The van der Waals surface area contributed by atoms with Crippen molar-refractivity contribution >= 4 is 5.91 Å². The third kappa shape index (κ3) is 2.34. The van der Waals surface area contributed by atoms with E-state index in [4.69, 9.17) is 4.42 Å². The molecule has 0 radical (unpaired) electrons. The maximum atomic E-state index is 13.7. The summed E-state index contributed by atoms with van der Waals surface area (Å²) in [5, 5.41) is 6.53. The van der Waals surface area contributed by atoms with Gasteiger partial charge in [-0.25, -0.2) is 18.7 Å². The van der Waals surface area contributed by atoms with E-state index >= 15 is 0 Å². The van der Waals surface area contributed by atoms with Crippen LogP contribution in [0.4, 0.5) is 8.78 Å². The van der Waals surface area contributed by atoms with Gasteiger partial charge in [-0.2, -0.15) is 5.10 Å². The normalized spacial score (nSPS) is 14.7. The lowest BCUT2D eigenvalue weighted by Gasteiger charge is -2.37. The summed E-state index contributed by atoms with van der Waals surface area (Å²) in [7, 11) is 0. The van der Waals surface area contributed by atoms with E-state index in [1.807, 2.05) is 0 Å². The van der Waals surface area contributed by atoms with Gasteiger partial charge in [-0.05, 0) is 12.1 Å². The number of rotatable bonds is 3. The van der Waals surface area contributed by atoms with Gasteiger partial charge < -0.3 is 9.32 Å². The van der Waals surface area contributed by atoms with Crippen LogP contribution in [0.25, 0.3) is 11.5 Å². The predicted molar refractivity (Wildman–Crippen MR) is 76.9 cm³/mol. The molecule has 1 aliphatic heterocycles. The quantitative estimate of drug-likeness (QED) is 0.793. The molecule has 1 fully saturated rings. The zero-order valence-electron chi connectivity index (χ0n) is 12.2. The molecule has 1 aromatic carbocycles. The zero-order valence-corrected chi connectivity index (χ0v) is 12.2. The van der Waals surface area contributed by atoms with Crippen LogP contribution in [-0.2, 0) is 0 Å². The molecule has 1 N–H and O–H groups in total. The van der Waals surface area contributed by atoms with Crippen LogP contribution in [0.5, 0.6) is 0 Å². The average Bonchev–Trinajstić information content (AvgIpc) is 3.17. The third-order valence-electron chi connectivity index (χ3n) is 3.89. The summed E-state index contributed by atoms with van der Waals surface area (Å²) in [6, 6.07) is 3.44. The molecule has 0 unspecified atom stereocenters. The molecular formula is C15H11F2N5O2. The van der Waals surface area contributed by atoms with Crippen LogP contribution in [0.3, 0.4) is 0 Å². The lowest BCUT2D eigenvalue weighted by atomic mass is 9.99. The van der Waals surface area contributed by atoms with Crippen LogP contribution in [0.15, 0.2) is 35.2 Å². The fraction of sp³-hybridized carbons (Fsp3) is 0.200. The van der Waals surface area contributed by atoms with E-state index in [2.05, 4.69) is 20.2 Å². The molecule has 24 heavy (non-hydrogen) atoms. The number of carbonyl (C=O) groups is 1. The van der Waals surface area contributed by atoms with Crippen molar-refractivity contribution in [3.8, 4) is 11.5 Å². The van der Waals surface area contributed by atoms with Gasteiger partial charge in [0.05, 0.1) is 5.92 Å². The smallest absolute Gasteiger partial charge is 0.275 e. The molecule has 1 aliphatic rings. The fourth-order valence-electron chi connectivity index (χ4n) is 2.58. The van der Waals surface area contributed by atoms with Crippen LogP contribution in [0.1, 0.15) is 22.2 Å². The monoisotopic (exact) mass is 331 g/mol. The van der Waals surface area contributed by atoms with Crippen molar-refractivity contribution in [1.82, 2.24) is 25.1 Å². The maximum absolute atomic E-state index is 13.7. The molecule has 0 saturated carbocycles. The second-order valence-corrected chi connectivity index (χ2v) is 5.41. The summed E-state index contributed by atoms with van der Waals surface area (Å²) in [6.45, 7) is 0.925. The molecule has 4 rings (SSSR count). The Labute approximate surface area is 134 Å². The molecule has 7 nitrogen and oxygen atoms in total. The first-order valence-corrected chi connectivity index (χ1v) is 7.18. The van der Waals surface area contributed by atoms with E-state index in [1.165, 1.54) is 12.4 Å². The summed E-state index contributed by atoms with van der Waals surface area (Å²) in [4.78, 5) is 21.8. The molecule has 3 aromatic rings. The average molecular weight is 331 g/mol. The minimum Gasteiger partial charge on any atom is -0.443 e. The Kier molecular flexibility index (Phi) is 3.33. The number of amides is 1. The molecule has 1 saturated heterocycles. The highest BCUT2D eigenvalue weighted by Gasteiger charge is 2.35. The van der Waals surface area contributed by atoms with Gasteiger partial charge in [0.15, 0.2) is 5.69 Å². The van der Waals surface area contributed by atoms with Crippen LogP contribution in [0, 0.1) is 11.6 Å². The van der Waals surface area contributed by atoms with Crippen LogP contribution in [0.2, 0.25) is 0 Å². The zero-order chi connectivity index (χ0) is 16.7. The van der Waals surface area contributed by atoms with Crippen molar-refractivity contribution in [2.45, 2.75) is 5.92 Å². The Hall–Kier alpha value is -3.10. The van der Waals surface area contributed by atoms with Crippen molar-refractivity contribution in [2.24, 2.45) is 0 Å². The van der Waals surface area contributed by atoms with Gasteiger partial charge in [0.1, 0.15) is 35.6 Å². The highest BCUT2D eigenvalue weighted by atomic mass is 19.1. The van der Waals surface area contributed by atoms with Crippen molar-refractivity contribution < 1.29 is 18.0 Å². The van der Waals surface area contributed by atoms with Crippen molar-refractivity contribution in [2.75, 3.05) is 13.1 Å². The van der Waals surface area contributed by atoms with Crippen molar-refractivity contribution in [3.63, 3.8) is 0 Å². The number of benzene rings is 1. The Morgan fingerprint density at radius 1 is 1.29 bits per heavy atom. The van der Waals surface area contributed by atoms with E-state index in [0.29, 0.717) is 18.9 Å². The SMILES string of the molecule is O=C(c1coc(-c2c(F)cccc2F)n1)N1CC(c2ncn[nH]2)C1. The summed E-state index contributed by atoms with van der Waals surface area (Å²) in [5.41, 5.74) is -0.386. The van der Waals surface area contributed by atoms with E-state index in [1.54, 1.807) is 4.90 Å². The van der Waals surface area contributed by atoms with Gasteiger partial charge >= 0.3 is 0 Å². The number of aromatic nitrogens is 4. The van der Waals surface area contributed by atoms with Crippen molar-refractivity contribution in [1.29, 1.82) is 0 Å². The summed E-state index contributed by atoms with van der Waals surface area (Å²) < 4.78 is 32.6. The molecule has 3 heterocycles. The Balaban J connectivity index is 1.50. The fourth-order valence-corrected chi connectivity index (χ4v) is 2.58. The van der Waals surface area contributed by atoms with E-state index in [0.717, 1.165) is 18.4 Å². The van der Waals surface area contributed by atoms with E-state index in [-0.39, 0.29) is 29.0 Å². The molecule has 0 atom stereocenters. The summed E-state index contributed by atoms with van der Waals surface area (Å²) in [6.07, 6.45) is 2.51. The van der Waals surface area contributed by atoms with Gasteiger partial charge in [0.25, 0.3) is 5.91 Å². The standard InChI is InChI=1S/C15H11F2N5O2/c16-9-2-1-3-10(17)12(9)14-20-11(6-24-14)15(23)22-4-8(5-22)13-18-7-19-21-13/h1-3,6-8H,4-5H2,(H,18,19,21). The molecule has 9 heteroatoms. The number of halogens is 2. The van der Waals surface area contributed by atoms with Gasteiger partial charge in [-0.15, -0.1) is 0 Å². The van der Waals surface area contributed by atoms with Crippen molar-refractivity contribution in [3.05, 3.63) is 53.9 Å². The summed E-state index contributed by atoms with van der Waals surface area (Å²) >= 11 is 0. The number of oxazole rings is 1. The van der Waals surface area contributed by atoms with E-state index < -0.39 is 11.6 Å². The maximum Gasteiger partial charge on any atom is 0.275 e. The Morgan fingerprint density at radius 3 is 2.71 bits per heavy atom.